The molecular formula is C23H30ClO6P. The Labute approximate surface area is 187 Å². The predicted octanol–water partition coefficient (Wildman–Crippen LogP) is 2.47. The van der Waals surface area contributed by atoms with Crippen LogP contribution in [-0.2, 0) is 15.7 Å². The average Bonchev–Trinajstić information content (AvgIpc) is 2.79. The maximum absolute atomic E-state index is 12.9. The molecule has 2 aromatic carbocycles. The van der Waals surface area contributed by atoms with Gasteiger partial charge in [0.05, 0.1) is 6.61 Å². The van der Waals surface area contributed by atoms with Gasteiger partial charge < -0.3 is 29.7 Å². The van der Waals surface area contributed by atoms with Crippen LogP contribution in [0, 0.1) is 0 Å². The zero-order valence-electron chi connectivity index (χ0n) is 17.7. The van der Waals surface area contributed by atoms with Crippen LogP contribution in [0.4, 0.5) is 0 Å². The molecule has 0 aromatic heterocycles. The molecule has 31 heavy (non-hydrogen) atoms. The summed E-state index contributed by atoms with van der Waals surface area (Å²) in [5.74, 6) is 0. The first kappa shape index (κ1) is 24.4. The predicted molar refractivity (Wildman–Crippen MR) is 122 cm³/mol. The number of benzene rings is 2. The van der Waals surface area contributed by atoms with E-state index < -0.39 is 44.3 Å². The Bertz CT molecular complexity index is 924. The van der Waals surface area contributed by atoms with Crippen LogP contribution >= 0.6 is 18.7 Å². The normalized spacial score (nSPS) is 26.7. The van der Waals surface area contributed by atoms with Crippen molar-refractivity contribution in [2.45, 2.75) is 50.8 Å². The fourth-order valence-electron chi connectivity index (χ4n) is 3.98. The second-order valence-electron chi connectivity index (χ2n) is 7.97. The van der Waals surface area contributed by atoms with Gasteiger partial charge in [0, 0.05) is 22.7 Å². The monoisotopic (exact) mass is 468 g/mol. The van der Waals surface area contributed by atoms with E-state index in [9.17, 15) is 25.0 Å². The fraction of sp³-hybridized carbons (Fsp3) is 0.478. The van der Waals surface area contributed by atoms with Gasteiger partial charge in [0.25, 0.3) is 0 Å². The van der Waals surface area contributed by atoms with E-state index in [-0.39, 0.29) is 0 Å². The minimum absolute atomic E-state index is 0.479. The molecule has 0 unspecified atom stereocenters. The van der Waals surface area contributed by atoms with Gasteiger partial charge in [-0.25, -0.2) is 0 Å². The van der Waals surface area contributed by atoms with Gasteiger partial charge in [-0.05, 0) is 29.2 Å². The van der Waals surface area contributed by atoms with Crippen molar-refractivity contribution in [2.24, 2.45) is 0 Å². The summed E-state index contributed by atoms with van der Waals surface area (Å²) in [5.41, 5.74) is 2.39. The lowest BCUT2D eigenvalue weighted by Crippen LogP contribution is -2.55. The molecule has 0 saturated carbocycles. The van der Waals surface area contributed by atoms with Gasteiger partial charge in [-0.3, -0.25) is 0 Å². The first-order chi connectivity index (χ1) is 14.7. The van der Waals surface area contributed by atoms with E-state index in [0.717, 1.165) is 16.4 Å². The van der Waals surface area contributed by atoms with Gasteiger partial charge in [-0.1, -0.05) is 61.8 Å². The largest absolute Gasteiger partial charge is 0.394 e. The Morgan fingerprint density at radius 3 is 2.19 bits per heavy atom. The summed E-state index contributed by atoms with van der Waals surface area (Å²) in [4.78, 5) is 0. The van der Waals surface area contributed by atoms with E-state index in [0.29, 0.717) is 29.3 Å². The van der Waals surface area contributed by atoms with Gasteiger partial charge in [0.1, 0.15) is 37.7 Å². The number of rotatable bonds is 7. The Balaban J connectivity index is 1.84. The average molecular weight is 469 g/mol. The van der Waals surface area contributed by atoms with Crippen LogP contribution in [0.5, 0.6) is 0 Å². The third-order valence-electron chi connectivity index (χ3n) is 6.11. The number of aliphatic hydroxyl groups excluding tert-OH is 4. The highest BCUT2D eigenvalue weighted by atomic mass is 35.5. The first-order valence-electron chi connectivity index (χ1n) is 10.5. The number of hydrogen-bond donors (Lipinski definition) is 4. The molecule has 3 rings (SSSR count). The Kier molecular flexibility index (Phi) is 7.98. The second kappa shape index (κ2) is 10.1. The zero-order valence-corrected chi connectivity index (χ0v) is 19.3. The lowest BCUT2D eigenvalue weighted by atomic mass is 9.90. The molecule has 170 valence electrons. The topological polar surface area (TPSA) is 107 Å². The number of hydrogen-bond acceptors (Lipinski definition) is 6. The molecule has 1 saturated heterocycles. The summed E-state index contributed by atoms with van der Waals surface area (Å²) in [6.45, 7) is 3.42. The first-order valence-corrected chi connectivity index (χ1v) is 13.0. The fourth-order valence-corrected chi connectivity index (χ4v) is 6.03. The standard InChI is InChI=1S/C23H30ClO6P/c1-3-31(29,4-2)17-8-5-14(6-9-17)11-16-12-15(7-10-18(16)24)23-22(28)21(27)20(26)19(13-25)30-23/h5-10,12,19-23,25-28H,3-4,11,13H2,1-2H3/t19-,20-,21+,22-,23+/m1/s1. The van der Waals surface area contributed by atoms with Crippen molar-refractivity contribution < 1.29 is 29.7 Å². The molecule has 0 radical (unpaired) electrons. The SMILES string of the molecule is CCP(=O)(CC)c1ccc(Cc2cc([C@@H]3O[C@H](CO)[C@@H](O)[C@H](O)[C@H]3O)ccc2Cl)cc1. The Morgan fingerprint density at radius 2 is 1.61 bits per heavy atom. The minimum atomic E-state index is -2.33. The molecule has 0 spiro atoms. The molecule has 0 amide bonds. The number of ether oxygens (including phenoxy) is 1. The summed E-state index contributed by atoms with van der Waals surface area (Å²) in [6.07, 6.45) is -4.27. The Morgan fingerprint density at radius 1 is 0.968 bits per heavy atom. The molecule has 6 nitrogen and oxygen atoms in total. The van der Waals surface area contributed by atoms with Crippen LogP contribution in [0.3, 0.4) is 0 Å². The van der Waals surface area contributed by atoms with Crippen molar-refractivity contribution in [3.8, 4) is 0 Å². The maximum atomic E-state index is 12.9. The maximum Gasteiger partial charge on any atom is 0.115 e. The van der Waals surface area contributed by atoms with E-state index in [1.807, 2.05) is 38.1 Å². The van der Waals surface area contributed by atoms with Crippen molar-refractivity contribution in [2.75, 3.05) is 18.9 Å². The van der Waals surface area contributed by atoms with Crippen molar-refractivity contribution in [3.05, 3.63) is 64.2 Å². The molecule has 0 aliphatic carbocycles. The van der Waals surface area contributed by atoms with E-state index in [2.05, 4.69) is 0 Å². The molecule has 5 atom stereocenters. The highest BCUT2D eigenvalue weighted by Crippen LogP contribution is 2.43. The summed E-state index contributed by atoms with van der Waals surface area (Å²) in [5, 5.41) is 41.3. The van der Waals surface area contributed by atoms with Crippen molar-refractivity contribution in [1.29, 1.82) is 0 Å². The van der Waals surface area contributed by atoms with E-state index in [1.165, 1.54) is 0 Å². The molecular weight excluding hydrogens is 439 g/mol. The summed E-state index contributed by atoms with van der Waals surface area (Å²) < 4.78 is 18.6. The molecule has 8 heteroatoms. The molecule has 2 aromatic rings. The summed E-state index contributed by atoms with van der Waals surface area (Å²) in [6, 6.07) is 12.9. The highest BCUT2D eigenvalue weighted by molar-refractivity contribution is 7.71. The molecule has 4 N–H and O–H groups in total. The smallest absolute Gasteiger partial charge is 0.115 e. The van der Waals surface area contributed by atoms with E-state index in [4.69, 9.17) is 16.3 Å². The van der Waals surface area contributed by atoms with Crippen molar-refractivity contribution in [1.82, 2.24) is 0 Å². The summed E-state index contributed by atoms with van der Waals surface area (Å²) >= 11 is 6.40. The van der Waals surface area contributed by atoms with Crippen molar-refractivity contribution in [3.63, 3.8) is 0 Å². The highest BCUT2D eigenvalue weighted by Gasteiger charge is 2.44. The molecule has 1 heterocycles. The van der Waals surface area contributed by atoms with Crippen LogP contribution in [0.15, 0.2) is 42.5 Å². The van der Waals surface area contributed by atoms with Gasteiger partial charge in [0.15, 0.2) is 0 Å². The van der Waals surface area contributed by atoms with E-state index in [1.54, 1.807) is 18.2 Å². The lowest BCUT2D eigenvalue weighted by Gasteiger charge is -2.40. The quantitative estimate of drug-likeness (QED) is 0.465. The van der Waals surface area contributed by atoms with E-state index >= 15 is 0 Å². The third kappa shape index (κ3) is 5.07. The molecule has 1 fully saturated rings. The van der Waals surface area contributed by atoms with Crippen molar-refractivity contribution >= 4 is 24.0 Å². The summed E-state index contributed by atoms with van der Waals surface area (Å²) in [7, 11) is -2.33. The number of halogens is 1. The zero-order chi connectivity index (χ0) is 22.8. The van der Waals surface area contributed by atoms with Crippen LogP contribution in [0.2, 0.25) is 5.02 Å². The van der Waals surface area contributed by atoms with Gasteiger partial charge in [-0.15, -0.1) is 0 Å². The minimum Gasteiger partial charge on any atom is -0.394 e. The molecule has 1 aliphatic heterocycles. The second-order valence-corrected chi connectivity index (χ2v) is 11.9. The van der Waals surface area contributed by atoms with Gasteiger partial charge in [0.2, 0.25) is 0 Å². The third-order valence-corrected chi connectivity index (χ3v) is 9.76. The van der Waals surface area contributed by atoms with Gasteiger partial charge in [-0.2, -0.15) is 0 Å². The molecule has 1 aliphatic rings. The van der Waals surface area contributed by atoms with Crippen LogP contribution in [0.25, 0.3) is 0 Å². The molecule has 0 bridgehead atoms. The van der Waals surface area contributed by atoms with Crippen LogP contribution in [0.1, 0.15) is 36.6 Å². The van der Waals surface area contributed by atoms with Gasteiger partial charge >= 0.3 is 0 Å². The Hall–Kier alpha value is -1.24. The lowest BCUT2D eigenvalue weighted by molar-refractivity contribution is -0.231. The number of aliphatic hydroxyl groups is 4. The van der Waals surface area contributed by atoms with Crippen LogP contribution < -0.4 is 5.30 Å². The van der Waals surface area contributed by atoms with Crippen LogP contribution in [-0.4, -0.2) is 63.8 Å².